The number of nitrogens with one attached hydrogen (secondary N) is 1. The Hall–Kier alpha value is -5.20. The van der Waals surface area contributed by atoms with Crippen molar-refractivity contribution in [2.75, 3.05) is 13.1 Å². The smallest absolute Gasteiger partial charge is 0.435 e. The summed E-state index contributed by atoms with van der Waals surface area (Å²) in [6.07, 6.45) is -7.53. The maximum atomic E-state index is 13.5. The number of nitrogens with zero attached hydrogens (tertiary/aromatic N) is 5. The highest BCUT2D eigenvalue weighted by molar-refractivity contribution is 7.90. The van der Waals surface area contributed by atoms with E-state index in [0.29, 0.717) is 5.56 Å². The number of carbonyl (C=O) groups excluding carboxylic acids is 3. The van der Waals surface area contributed by atoms with Crippen molar-refractivity contribution in [3.63, 3.8) is 0 Å². The number of rotatable bonds is 13. The molecule has 1 saturated heterocycles. The number of alkyl halides is 3. The minimum absolute atomic E-state index is 0.0403. The molecule has 1 fully saturated rings. The van der Waals surface area contributed by atoms with E-state index in [-0.39, 0.29) is 34.3 Å². The first-order valence-corrected chi connectivity index (χ1v) is 16.3. The van der Waals surface area contributed by atoms with Crippen molar-refractivity contribution >= 4 is 27.9 Å². The van der Waals surface area contributed by atoms with Crippen LogP contribution >= 0.6 is 0 Å². The first kappa shape index (κ1) is 36.6. The third-order valence-electron chi connectivity index (χ3n) is 6.93. The quantitative estimate of drug-likeness (QED) is 0.0888. The van der Waals surface area contributed by atoms with Gasteiger partial charge in [-0.25, -0.2) is 17.8 Å². The van der Waals surface area contributed by atoms with E-state index in [2.05, 4.69) is 10.4 Å². The number of aromatic nitrogens is 2. The van der Waals surface area contributed by atoms with Gasteiger partial charge in [0.2, 0.25) is 11.2 Å². The van der Waals surface area contributed by atoms with Gasteiger partial charge in [-0.2, -0.15) is 18.3 Å². The topological polar surface area (TPSA) is 185 Å². The zero-order chi connectivity index (χ0) is 36.1. The number of carbonyl (C=O) groups is 3. The predicted octanol–water partition coefficient (Wildman–Crippen LogP) is 4.03. The fourth-order valence-electron chi connectivity index (χ4n) is 4.24. The van der Waals surface area contributed by atoms with Gasteiger partial charge in [0.15, 0.2) is 5.69 Å². The van der Waals surface area contributed by atoms with E-state index >= 15 is 0 Å². The van der Waals surface area contributed by atoms with Crippen LogP contribution in [-0.4, -0.2) is 71.5 Å². The van der Waals surface area contributed by atoms with Crippen LogP contribution in [0.5, 0.6) is 0 Å². The van der Waals surface area contributed by atoms with Crippen LogP contribution in [0.4, 0.5) is 13.2 Å². The lowest BCUT2D eigenvalue weighted by Gasteiger charge is -2.33. The number of aryl methyl sites for hydroxylation is 1. The zero-order valence-electron chi connectivity index (χ0n) is 26.7. The Morgan fingerprint density at radius 2 is 1.69 bits per heavy atom. The molecule has 1 aromatic heterocycles. The number of amides is 1. The Morgan fingerprint density at radius 1 is 1.06 bits per heavy atom. The normalized spacial score (nSPS) is 14.6. The Kier molecular flexibility index (Phi) is 11.2. The van der Waals surface area contributed by atoms with Crippen molar-refractivity contribution in [3.05, 3.63) is 71.1 Å². The molecular weight excluding hydrogens is 677 g/mol. The molecule has 1 N–H and O–H groups in total. The maximum Gasteiger partial charge on any atom is 0.435 e. The summed E-state index contributed by atoms with van der Waals surface area (Å²) in [4.78, 5) is 40.6. The summed E-state index contributed by atoms with van der Waals surface area (Å²) in [5.74, 6) is -2.76. The number of benzene rings is 2. The summed E-state index contributed by atoms with van der Waals surface area (Å²) in [5.41, 5.74) is 0.483. The third kappa shape index (κ3) is 9.68. The molecule has 19 heteroatoms. The molecule has 4 rings (SSSR count). The molecule has 2 aromatic carbocycles. The minimum atomic E-state index is -4.72. The summed E-state index contributed by atoms with van der Waals surface area (Å²) in [5, 5.41) is 20.0. The monoisotopic (exact) mass is 710 g/mol. The lowest BCUT2D eigenvalue weighted by molar-refractivity contribution is -0.728. The lowest BCUT2D eigenvalue weighted by atomic mass is 10.1. The van der Waals surface area contributed by atoms with E-state index in [1.54, 1.807) is 38.1 Å². The number of hydrazine groups is 1. The van der Waals surface area contributed by atoms with Gasteiger partial charge in [-0.3, -0.25) is 19.2 Å². The number of hydrogen-bond acceptors (Lipinski definition) is 11. The van der Waals surface area contributed by atoms with Gasteiger partial charge < -0.3 is 14.7 Å². The van der Waals surface area contributed by atoms with E-state index in [0.717, 1.165) is 33.5 Å². The molecule has 2 heterocycles. The van der Waals surface area contributed by atoms with E-state index < -0.39 is 70.9 Å². The molecular formula is C30H33F3N6O9S. The largest absolute Gasteiger partial charge is 0.569 e. The molecule has 15 nitrogen and oxygen atoms in total. The number of ether oxygens (including phenoxy) is 2. The second kappa shape index (κ2) is 14.9. The average molecular weight is 711 g/mol. The van der Waals surface area contributed by atoms with Crippen LogP contribution in [-0.2, 0) is 44.9 Å². The molecule has 0 saturated carbocycles. The van der Waals surface area contributed by atoms with Gasteiger partial charge in [-0.1, -0.05) is 43.7 Å². The fraction of sp³-hybridized carbons (Fsp3) is 0.400. The minimum Gasteiger partial charge on any atom is -0.569 e. The van der Waals surface area contributed by atoms with Crippen molar-refractivity contribution < 1.29 is 55.3 Å². The molecule has 1 aliphatic rings. The standard InChI is InChI=1S/C30H33F3N6O9S/c1-18(2)29(42)46-20(4)48-36-39(43)37-16-23(17-37)47-28(41)14-13-27(40)35-49(44,45)24-11-9-22(10-12-24)38-25(15-26(34-38)30(31,32)33)21-7-5-19(3)6-8-21/h5-12,15,18,20,23H,13-14,16-17H2,1-4H3,(H,35,40)/b39-36+. The van der Waals surface area contributed by atoms with Crippen LogP contribution in [0.1, 0.15) is 44.9 Å². The first-order chi connectivity index (χ1) is 22.9. The highest BCUT2D eigenvalue weighted by Gasteiger charge is 2.37. The highest BCUT2D eigenvalue weighted by atomic mass is 32.2. The number of sulfonamides is 1. The Labute approximate surface area is 278 Å². The van der Waals surface area contributed by atoms with E-state index in [9.17, 15) is 41.2 Å². The van der Waals surface area contributed by atoms with Crippen molar-refractivity contribution in [2.24, 2.45) is 11.2 Å². The van der Waals surface area contributed by atoms with Gasteiger partial charge in [0, 0.05) is 18.9 Å². The second-order valence-electron chi connectivity index (χ2n) is 11.3. The van der Waals surface area contributed by atoms with Crippen molar-refractivity contribution in [2.45, 2.75) is 64.0 Å². The maximum absolute atomic E-state index is 13.5. The Bertz CT molecular complexity index is 1810. The molecule has 0 radical (unpaired) electrons. The Morgan fingerprint density at radius 3 is 2.29 bits per heavy atom. The summed E-state index contributed by atoms with van der Waals surface area (Å²) < 4.78 is 79.0. The van der Waals surface area contributed by atoms with E-state index in [1.807, 2.05) is 11.6 Å². The molecule has 0 spiro atoms. The van der Waals surface area contributed by atoms with Crippen LogP contribution in [0, 0.1) is 18.0 Å². The summed E-state index contributed by atoms with van der Waals surface area (Å²) in [6, 6.07) is 12.3. The molecule has 264 valence electrons. The average Bonchev–Trinajstić information content (AvgIpc) is 3.47. The molecule has 1 amide bonds. The molecule has 3 aromatic rings. The van der Waals surface area contributed by atoms with Crippen LogP contribution in [0.2, 0.25) is 0 Å². The lowest BCUT2D eigenvalue weighted by Crippen LogP contribution is -2.55. The van der Waals surface area contributed by atoms with Crippen molar-refractivity contribution in [3.8, 4) is 16.9 Å². The molecule has 0 bridgehead atoms. The van der Waals surface area contributed by atoms with Gasteiger partial charge >= 0.3 is 18.1 Å². The third-order valence-corrected chi connectivity index (χ3v) is 8.32. The van der Waals surface area contributed by atoms with Gasteiger partial charge in [0.25, 0.3) is 16.3 Å². The SMILES string of the molecule is Cc1ccc(-c2cc(C(F)(F)F)nn2-c2ccc(S(=O)(=O)NC(=O)CCC(=O)OC3CN(/[N+]([O-])=N\OC(C)OC(=O)C(C)C)C3)cc2)cc1. The van der Waals surface area contributed by atoms with Crippen LogP contribution in [0.15, 0.2) is 64.8 Å². The predicted molar refractivity (Wildman–Crippen MR) is 162 cm³/mol. The van der Waals surface area contributed by atoms with Crippen molar-refractivity contribution in [1.29, 1.82) is 0 Å². The van der Waals surface area contributed by atoms with Crippen LogP contribution in [0.25, 0.3) is 16.9 Å². The molecule has 1 unspecified atom stereocenters. The van der Waals surface area contributed by atoms with Crippen LogP contribution < -0.4 is 4.72 Å². The Balaban J connectivity index is 1.27. The summed E-state index contributed by atoms with van der Waals surface area (Å²) >= 11 is 0. The van der Waals surface area contributed by atoms with E-state index in [1.165, 1.54) is 19.1 Å². The molecule has 1 aliphatic heterocycles. The van der Waals surface area contributed by atoms with Gasteiger partial charge in [-0.15, -0.1) is 5.01 Å². The number of halogens is 3. The summed E-state index contributed by atoms with van der Waals surface area (Å²) in [6.45, 7) is 6.37. The van der Waals surface area contributed by atoms with E-state index in [4.69, 9.17) is 14.3 Å². The van der Waals surface area contributed by atoms with Gasteiger partial charge in [0.05, 0.1) is 33.6 Å². The van der Waals surface area contributed by atoms with Gasteiger partial charge in [-0.05, 0) is 37.3 Å². The fourth-order valence-corrected chi connectivity index (χ4v) is 5.26. The van der Waals surface area contributed by atoms with Crippen LogP contribution in [0.3, 0.4) is 0 Å². The number of hydrogen-bond donors (Lipinski definition) is 1. The number of esters is 2. The highest BCUT2D eigenvalue weighted by Crippen LogP contribution is 2.33. The first-order valence-electron chi connectivity index (χ1n) is 14.8. The molecule has 1 atom stereocenters. The summed E-state index contributed by atoms with van der Waals surface area (Å²) in [7, 11) is -4.41. The second-order valence-corrected chi connectivity index (χ2v) is 13.0. The van der Waals surface area contributed by atoms with Crippen molar-refractivity contribution in [1.82, 2.24) is 19.5 Å². The molecule has 0 aliphatic carbocycles. The molecule has 49 heavy (non-hydrogen) atoms. The van der Waals surface area contributed by atoms with Gasteiger partial charge in [0.1, 0.15) is 19.2 Å². The zero-order valence-corrected chi connectivity index (χ0v) is 27.5.